The minimum Gasteiger partial charge on any atom is -0.336 e. The number of carbonyl (C=O) groups excluding carboxylic acids is 2. The Labute approximate surface area is 237 Å². The molecule has 1 aromatic heterocycles. The second-order valence-corrected chi connectivity index (χ2v) is 12.4. The molecule has 3 aromatic carbocycles. The molecule has 0 saturated heterocycles. The standard InChI is InChI=1S/C36H38N2O2/c1-36(2,3)30-19-17-27(18-20-30)34(39)33-22-21-31-24-38(32-12-8-7-11-29(32)23-37(31)33)35(40)28-15-13-26(14-16-28)25-9-5-4-6-10-25/h7-8,11-22,25H,4-6,9-10,23-24H2,1-3H3. The van der Waals surface area contributed by atoms with Crippen LogP contribution in [0.2, 0.25) is 0 Å². The van der Waals surface area contributed by atoms with Crippen LogP contribution in [0.1, 0.15) is 108 Å². The fourth-order valence-corrected chi connectivity index (χ4v) is 6.30. The number of hydrogen-bond acceptors (Lipinski definition) is 2. The summed E-state index contributed by atoms with van der Waals surface area (Å²) in [5.41, 5.74) is 7.50. The maximum Gasteiger partial charge on any atom is 0.258 e. The Balaban J connectivity index is 1.30. The molecule has 1 saturated carbocycles. The summed E-state index contributed by atoms with van der Waals surface area (Å²) in [6, 6.07) is 28.2. The number of fused-ring (bicyclic) bond motifs is 2. The highest BCUT2D eigenvalue weighted by molar-refractivity contribution is 6.09. The van der Waals surface area contributed by atoms with Crippen LogP contribution < -0.4 is 4.90 Å². The molecule has 4 heteroatoms. The Hall–Kier alpha value is -3.92. The van der Waals surface area contributed by atoms with Crippen molar-refractivity contribution < 1.29 is 9.59 Å². The van der Waals surface area contributed by atoms with E-state index in [2.05, 4.69) is 55.7 Å². The third kappa shape index (κ3) is 5.03. The van der Waals surface area contributed by atoms with E-state index >= 15 is 0 Å². The van der Waals surface area contributed by atoms with Crippen LogP contribution in [0, 0.1) is 0 Å². The van der Waals surface area contributed by atoms with Crippen molar-refractivity contribution >= 4 is 17.4 Å². The van der Waals surface area contributed by atoms with E-state index in [-0.39, 0.29) is 17.1 Å². The zero-order valence-corrected chi connectivity index (χ0v) is 23.8. The van der Waals surface area contributed by atoms with Gasteiger partial charge in [-0.05, 0) is 71.2 Å². The van der Waals surface area contributed by atoms with Gasteiger partial charge in [-0.3, -0.25) is 9.59 Å². The minimum atomic E-state index is -0.0112. The molecule has 0 N–H and O–H groups in total. The Morgan fingerprint density at radius 1 is 0.725 bits per heavy atom. The van der Waals surface area contributed by atoms with E-state index < -0.39 is 0 Å². The number of benzene rings is 3. The molecule has 4 aromatic rings. The fourth-order valence-electron chi connectivity index (χ4n) is 6.30. The second-order valence-electron chi connectivity index (χ2n) is 12.4. The van der Waals surface area contributed by atoms with Crippen LogP contribution in [0.15, 0.2) is 84.9 Å². The van der Waals surface area contributed by atoms with Gasteiger partial charge in [0, 0.05) is 22.5 Å². The molecule has 0 bridgehead atoms. The summed E-state index contributed by atoms with van der Waals surface area (Å²) in [5.74, 6) is 0.603. The van der Waals surface area contributed by atoms with Crippen molar-refractivity contribution in [3.8, 4) is 0 Å². The predicted octanol–water partition coefficient (Wildman–Crippen LogP) is 8.27. The highest BCUT2D eigenvalue weighted by atomic mass is 16.2. The number of rotatable bonds is 4. The van der Waals surface area contributed by atoms with Gasteiger partial charge in [0.15, 0.2) is 0 Å². The van der Waals surface area contributed by atoms with Gasteiger partial charge in [0.05, 0.1) is 18.8 Å². The molecule has 1 fully saturated rings. The lowest BCUT2D eigenvalue weighted by atomic mass is 9.84. The van der Waals surface area contributed by atoms with Crippen LogP contribution in [-0.2, 0) is 18.5 Å². The molecule has 0 radical (unpaired) electrons. The number of carbonyl (C=O) groups is 2. The molecule has 40 heavy (non-hydrogen) atoms. The lowest BCUT2D eigenvalue weighted by Gasteiger charge is -2.24. The van der Waals surface area contributed by atoms with Gasteiger partial charge in [0.25, 0.3) is 5.91 Å². The Bertz CT molecular complexity index is 1530. The monoisotopic (exact) mass is 530 g/mol. The van der Waals surface area contributed by atoms with Crippen molar-refractivity contribution in [2.45, 2.75) is 77.3 Å². The first-order valence-electron chi connectivity index (χ1n) is 14.6. The number of hydrogen-bond donors (Lipinski definition) is 0. The lowest BCUT2D eigenvalue weighted by molar-refractivity contribution is 0.0984. The van der Waals surface area contributed by atoms with Crippen LogP contribution >= 0.6 is 0 Å². The number of nitrogens with zero attached hydrogens (tertiary/aromatic N) is 2. The van der Waals surface area contributed by atoms with Gasteiger partial charge in [0.2, 0.25) is 5.78 Å². The lowest BCUT2D eigenvalue weighted by Crippen LogP contribution is -2.30. The smallest absolute Gasteiger partial charge is 0.258 e. The number of ketones is 1. The van der Waals surface area contributed by atoms with Crippen molar-refractivity contribution in [1.29, 1.82) is 0 Å². The Morgan fingerprint density at radius 3 is 2.10 bits per heavy atom. The van der Waals surface area contributed by atoms with E-state index in [4.69, 9.17) is 0 Å². The number of aromatic nitrogens is 1. The third-order valence-corrected chi connectivity index (χ3v) is 8.73. The molecule has 2 aliphatic rings. The molecule has 0 spiro atoms. The normalized spacial score (nSPS) is 15.7. The average molecular weight is 531 g/mol. The number of amides is 1. The highest BCUT2D eigenvalue weighted by Gasteiger charge is 2.28. The molecular formula is C36H38N2O2. The molecule has 1 aliphatic carbocycles. The molecular weight excluding hydrogens is 492 g/mol. The zero-order valence-electron chi connectivity index (χ0n) is 23.8. The van der Waals surface area contributed by atoms with Gasteiger partial charge in [-0.25, -0.2) is 0 Å². The first kappa shape index (κ1) is 26.3. The van der Waals surface area contributed by atoms with Crippen LogP contribution in [0.3, 0.4) is 0 Å². The van der Waals surface area contributed by atoms with Gasteiger partial charge < -0.3 is 9.47 Å². The van der Waals surface area contributed by atoms with Gasteiger partial charge in [0.1, 0.15) is 0 Å². The molecule has 0 atom stereocenters. The van der Waals surface area contributed by atoms with Crippen molar-refractivity contribution in [2.24, 2.45) is 0 Å². The first-order chi connectivity index (χ1) is 19.3. The largest absolute Gasteiger partial charge is 0.336 e. The van der Waals surface area contributed by atoms with Gasteiger partial charge in [-0.15, -0.1) is 0 Å². The van der Waals surface area contributed by atoms with Gasteiger partial charge in [-0.2, -0.15) is 0 Å². The third-order valence-electron chi connectivity index (χ3n) is 8.73. The van der Waals surface area contributed by atoms with Crippen LogP contribution in [0.5, 0.6) is 0 Å². The Kier molecular flexibility index (Phi) is 6.95. The van der Waals surface area contributed by atoms with Crippen LogP contribution in [0.4, 0.5) is 5.69 Å². The van der Waals surface area contributed by atoms with E-state index in [9.17, 15) is 9.59 Å². The fraction of sp³-hybridized carbons (Fsp3) is 0.333. The minimum absolute atomic E-state index is 0.00210. The summed E-state index contributed by atoms with van der Waals surface area (Å²) in [6.07, 6.45) is 6.40. The van der Waals surface area contributed by atoms with E-state index in [1.807, 2.05) is 59.5 Å². The molecule has 6 rings (SSSR count). The van der Waals surface area contributed by atoms with E-state index in [1.165, 1.54) is 43.2 Å². The Morgan fingerprint density at radius 2 is 1.40 bits per heavy atom. The highest BCUT2D eigenvalue weighted by Crippen LogP contribution is 2.34. The molecule has 1 amide bonds. The second kappa shape index (κ2) is 10.6. The number of anilines is 1. The van der Waals surface area contributed by atoms with E-state index in [0.29, 0.717) is 35.8 Å². The van der Waals surface area contributed by atoms with Crippen LogP contribution in [-0.4, -0.2) is 16.3 Å². The van der Waals surface area contributed by atoms with Crippen molar-refractivity contribution in [3.05, 3.63) is 124 Å². The van der Waals surface area contributed by atoms with Crippen LogP contribution in [0.25, 0.3) is 0 Å². The molecule has 2 heterocycles. The summed E-state index contributed by atoms with van der Waals surface area (Å²) in [5, 5.41) is 0. The van der Waals surface area contributed by atoms with Gasteiger partial charge >= 0.3 is 0 Å². The van der Waals surface area contributed by atoms with E-state index in [0.717, 1.165) is 16.9 Å². The summed E-state index contributed by atoms with van der Waals surface area (Å²) in [4.78, 5) is 29.5. The summed E-state index contributed by atoms with van der Waals surface area (Å²) in [6.45, 7) is 7.48. The molecule has 4 nitrogen and oxygen atoms in total. The van der Waals surface area contributed by atoms with Crippen molar-refractivity contribution in [3.63, 3.8) is 0 Å². The number of para-hydroxylation sites is 1. The van der Waals surface area contributed by atoms with Crippen molar-refractivity contribution in [1.82, 2.24) is 4.57 Å². The topological polar surface area (TPSA) is 42.3 Å². The van der Waals surface area contributed by atoms with E-state index in [1.54, 1.807) is 0 Å². The van der Waals surface area contributed by atoms with Gasteiger partial charge in [-0.1, -0.05) is 94.6 Å². The first-order valence-corrected chi connectivity index (χ1v) is 14.6. The SMILES string of the molecule is CC(C)(C)c1ccc(C(=O)c2ccc3n2Cc2ccccc2N(C(=O)c2ccc(C4CCCCC4)cc2)C3)cc1. The summed E-state index contributed by atoms with van der Waals surface area (Å²) in [7, 11) is 0. The zero-order chi connectivity index (χ0) is 27.9. The maximum absolute atomic E-state index is 13.9. The summed E-state index contributed by atoms with van der Waals surface area (Å²) >= 11 is 0. The molecule has 1 aliphatic heterocycles. The quantitative estimate of drug-likeness (QED) is 0.249. The maximum atomic E-state index is 13.9. The molecule has 204 valence electrons. The average Bonchev–Trinajstić information content (AvgIpc) is 3.29. The van der Waals surface area contributed by atoms with Crippen molar-refractivity contribution in [2.75, 3.05) is 4.90 Å². The summed E-state index contributed by atoms with van der Waals surface area (Å²) < 4.78 is 2.08. The predicted molar refractivity (Wildman–Crippen MR) is 161 cm³/mol. The molecule has 0 unspecified atom stereocenters.